The molecule has 0 aliphatic carbocycles. The molecule has 9 nitrogen and oxygen atoms in total. The summed E-state index contributed by atoms with van der Waals surface area (Å²) in [5.74, 6) is 0.463. The first-order valence-corrected chi connectivity index (χ1v) is 12.8. The van der Waals surface area contributed by atoms with Gasteiger partial charge in [0.1, 0.15) is 0 Å². The van der Waals surface area contributed by atoms with E-state index in [0.29, 0.717) is 34.5 Å². The Bertz CT molecular complexity index is 1370. The van der Waals surface area contributed by atoms with E-state index < -0.39 is 0 Å². The van der Waals surface area contributed by atoms with Crippen LogP contribution in [0.1, 0.15) is 28.7 Å². The minimum absolute atomic E-state index is 0.163. The van der Waals surface area contributed by atoms with Gasteiger partial charge in [0.15, 0.2) is 11.0 Å². The Morgan fingerprint density at radius 3 is 2.24 bits per heavy atom. The molecule has 0 atom stereocenters. The number of thioether (sulfide) groups is 1. The maximum Gasteiger partial charge on any atom is 0.251 e. The fraction of sp³-hybridized carbons (Fsp3) is 0.185. The molecule has 1 aromatic heterocycles. The molecule has 0 radical (unpaired) electrons. The van der Waals surface area contributed by atoms with Gasteiger partial charge in [-0.25, -0.2) is 0 Å². The van der Waals surface area contributed by atoms with Crippen LogP contribution in [0.15, 0.2) is 94.2 Å². The van der Waals surface area contributed by atoms with Gasteiger partial charge >= 0.3 is 0 Å². The molecular weight excluding hydrogens is 486 g/mol. The zero-order valence-electron chi connectivity index (χ0n) is 20.6. The highest BCUT2D eigenvalue weighted by molar-refractivity contribution is 7.99. The summed E-state index contributed by atoms with van der Waals surface area (Å²) in [7, 11) is 0. The predicted molar refractivity (Wildman–Crippen MR) is 144 cm³/mol. The predicted octanol–water partition coefficient (Wildman–Crippen LogP) is 5.68. The van der Waals surface area contributed by atoms with E-state index in [1.807, 2.05) is 60.9 Å². The van der Waals surface area contributed by atoms with Crippen LogP contribution in [0.4, 0.5) is 17.1 Å². The van der Waals surface area contributed by atoms with Gasteiger partial charge in [0.2, 0.25) is 5.91 Å². The number of carbonyl (C=O) groups excluding carboxylic acids is 2. The number of benzene rings is 3. The van der Waals surface area contributed by atoms with Gasteiger partial charge in [0, 0.05) is 17.8 Å². The van der Waals surface area contributed by atoms with Gasteiger partial charge in [-0.2, -0.15) is 10.2 Å². The fourth-order valence-electron chi connectivity index (χ4n) is 3.39. The second kappa shape index (κ2) is 12.6. The lowest BCUT2D eigenvalue weighted by molar-refractivity contribution is -0.113. The zero-order valence-corrected chi connectivity index (χ0v) is 21.4. The summed E-state index contributed by atoms with van der Waals surface area (Å²) in [4.78, 5) is 24.9. The van der Waals surface area contributed by atoms with Gasteiger partial charge < -0.3 is 15.2 Å². The summed E-state index contributed by atoms with van der Waals surface area (Å²) in [5, 5.41) is 23.2. The topological polar surface area (TPSA) is 114 Å². The van der Waals surface area contributed by atoms with Gasteiger partial charge in [0.05, 0.1) is 23.7 Å². The van der Waals surface area contributed by atoms with Gasteiger partial charge in [-0.15, -0.1) is 10.2 Å². The van der Waals surface area contributed by atoms with E-state index in [1.165, 1.54) is 11.8 Å². The molecule has 0 saturated heterocycles. The maximum absolute atomic E-state index is 12.5. The lowest BCUT2D eigenvalue weighted by Crippen LogP contribution is -2.24. The molecule has 4 aromatic rings. The monoisotopic (exact) mass is 513 g/mol. The number of nitrogens with zero attached hydrogens (tertiary/aromatic N) is 5. The van der Waals surface area contributed by atoms with Crippen LogP contribution in [0.3, 0.4) is 0 Å². The molecule has 0 bridgehead atoms. The number of aromatic nitrogens is 3. The maximum atomic E-state index is 12.5. The van der Waals surface area contributed by atoms with Crippen LogP contribution in [0.5, 0.6) is 0 Å². The summed E-state index contributed by atoms with van der Waals surface area (Å²) in [5.41, 5.74) is 3.81. The van der Waals surface area contributed by atoms with Crippen LogP contribution in [0.2, 0.25) is 0 Å². The summed E-state index contributed by atoms with van der Waals surface area (Å²) < 4.78 is 1.89. The number of azo groups is 1. The summed E-state index contributed by atoms with van der Waals surface area (Å²) >= 11 is 1.29. The number of nitrogens with one attached hydrogen (secondary N) is 2. The van der Waals surface area contributed by atoms with Crippen molar-refractivity contribution in [3.63, 3.8) is 0 Å². The van der Waals surface area contributed by atoms with Crippen molar-refractivity contribution in [2.45, 2.75) is 32.1 Å². The third-order valence-corrected chi connectivity index (χ3v) is 6.32. The molecule has 3 aromatic carbocycles. The molecule has 1 heterocycles. The quantitative estimate of drug-likeness (QED) is 0.209. The Kier molecular flexibility index (Phi) is 8.77. The van der Waals surface area contributed by atoms with Crippen LogP contribution >= 0.6 is 11.8 Å². The number of hydrogen-bond acceptors (Lipinski definition) is 7. The van der Waals surface area contributed by atoms with E-state index in [0.717, 1.165) is 11.3 Å². The second-order valence-corrected chi connectivity index (χ2v) is 9.05. The van der Waals surface area contributed by atoms with Crippen molar-refractivity contribution in [2.24, 2.45) is 10.2 Å². The highest BCUT2D eigenvalue weighted by Crippen LogP contribution is 2.21. The van der Waals surface area contributed by atoms with E-state index in [2.05, 4.69) is 31.1 Å². The smallest absolute Gasteiger partial charge is 0.251 e. The minimum Gasteiger partial charge on any atom is -0.345 e. The first-order chi connectivity index (χ1) is 18.0. The molecule has 188 valence electrons. The molecule has 2 N–H and O–H groups in total. The van der Waals surface area contributed by atoms with Gasteiger partial charge in [-0.1, -0.05) is 47.7 Å². The molecular formula is C27H27N7O2S. The third kappa shape index (κ3) is 7.34. The van der Waals surface area contributed by atoms with E-state index in [4.69, 9.17) is 0 Å². The minimum atomic E-state index is -0.174. The number of rotatable bonds is 10. The largest absolute Gasteiger partial charge is 0.345 e. The first-order valence-electron chi connectivity index (χ1n) is 11.8. The van der Waals surface area contributed by atoms with E-state index >= 15 is 0 Å². The van der Waals surface area contributed by atoms with Crippen molar-refractivity contribution in [2.75, 3.05) is 11.1 Å². The molecule has 0 spiro atoms. The Hall–Kier alpha value is -4.31. The lowest BCUT2D eigenvalue weighted by atomic mass is 10.1. The molecule has 37 heavy (non-hydrogen) atoms. The Morgan fingerprint density at radius 1 is 0.892 bits per heavy atom. The zero-order chi connectivity index (χ0) is 26.0. The van der Waals surface area contributed by atoms with Crippen molar-refractivity contribution in [3.8, 4) is 0 Å². The van der Waals surface area contributed by atoms with Crippen LogP contribution in [0, 0.1) is 6.92 Å². The average Bonchev–Trinajstić information content (AvgIpc) is 3.33. The fourth-order valence-corrected chi connectivity index (χ4v) is 4.21. The van der Waals surface area contributed by atoms with Crippen LogP contribution in [0.25, 0.3) is 0 Å². The number of hydrogen-bond donors (Lipinski definition) is 2. The molecule has 0 fully saturated rings. The molecule has 0 aliphatic heterocycles. The van der Waals surface area contributed by atoms with Crippen LogP contribution < -0.4 is 10.6 Å². The van der Waals surface area contributed by atoms with Gasteiger partial charge in [-0.05, 0) is 62.4 Å². The summed E-state index contributed by atoms with van der Waals surface area (Å²) in [6.07, 6.45) is 0. The van der Waals surface area contributed by atoms with E-state index in [-0.39, 0.29) is 24.1 Å². The van der Waals surface area contributed by atoms with Crippen molar-refractivity contribution < 1.29 is 9.59 Å². The van der Waals surface area contributed by atoms with E-state index in [9.17, 15) is 9.59 Å². The molecule has 0 saturated carbocycles. The second-order valence-electron chi connectivity index (χ2n) is 8.11. The Morgan fingerprint density at radius 2 is 1.57 bits per heavy atom. The van der Waals surface area contributed by atoms with E-state index in [1.54, 1.807) is 36.4 Å². The molecule has 2 amide bonds. The standard InChI is InChI=1S/C27H27N7O2S/c1-3-34-24(17-28-26(36)20-11-9-19(2)10-12-20)32-33-27(34)37-18-25(35)29-21-13-15-23(16-14-21)31-30-22-7-5-4-6-8-22/h4-16H,3,17-18H2,1-2H3,(H,28,36)(H,29,35). The van der Waals surface area contributed by atoms with Crippen molar-refractivity contribution in [1.82, 2.24) is 20.1 Å². The molecule has 4 rings (SSSR count). The Labute approximate surface area is 219 Å². The molecule has 10 heteroatoms. The summed E-state index contributed by atoms with van der Waals surface area (Å²) in [6.45, 7) is 4.80. The normalized spacial score (nSPS) is 11.0. The summed E-state index contributed by atoms with van der Waals surface area (Å²) in [6, 6.07) is 24.0. The number of amides is 2. The van der Waals surface area contributed by atoms with Crippen LogP contribution in [-0.2, 0) is 17.9 Å². The SMILES string of the molecule is CCn1c(CNC(=O)c2ccc(C)cc2)nnc1SCC(=O)Nc1ccc(N=Nc2ccccc2)cc1. The number of carbonyl (C=O) groups is 2. The highest BCUT2D eigenvalue weighted by atomic mass is 32.2. The molecule has 0 unspecified atom stereocenters. The van der Waals surface area contributed by atoms with Crippen molar-refractivity contribution in [1.29, 1.82) is 0 Å². The van der Waals surface area contributed by atoms with Gasteiger partial charge in [0.25, 0.3) is 5.91 Å². The molecule has 0 aliphatic rings. The number of anilines is 1. The van der Waals surface area contributed by atoms with Gasteiger partial charge in [-0.3, -0.25) is 9.59 Å². The lowest BCUT2D eigenvalue weighted by Gasteiger charge is -2.09. The first kappa shape index (κ1) is 25.8. The Balaban J connectivity index is 1.27. The van der Waals surface area contributed by atoms with Crippen LogP contribution in [-0.4, -0.2) is 32.3 Å². The van der Waals surface area contributed by atoms with Crippen molar-refractivity contribution >= 4 is 40.6 Å². The third-order valence-electron chi connectivity index (χ3n) is 5.35. The average molecular weight is 514 g/mol. The number of aryl methyl sites for hydroxylation is 1. The highest BCUT2D eigenvalue weighted by Gasteiger charge is 2.14. The van der Waals surface area contributed by atoms with Crippen molar-refractivity contribution in [3.05, 3.63) is 95.8 Å².